The van der Waals surface area contributed by atoms with Gasteiger partial charge in [-0.15, -0.1) is 0 Å². The maximum atomic E-state index is 11.8. The fourth-order valence-electron chi connectivity index (χ4n) is 1.90. The molecule has 0 radical (unpaired) electrons. The number of anilines is 1. The molecule has 1 aromatic heterocycles. The minimum Gasteiger partial charge on any atom is -0.493 e. The van der Waals surface area contributed by atoms with Gasteiger partial charge in [0.15, 0.2) is 0 Å². The predicted molar refractivity (Wildman–Crippen MR) is 97.0 cm³/mol. The van der Waals surface area contributed by atoms with Crippen molar-refractivity contribution in [2.45, 2.75) is 13.0 Å². The minimum atomic E-state index is -0.0910. The van der Waals surface area contributed by atoms with Crippen molar-refractivity contribution in [3.63, 3.8) is 0 Å². The molecule has 2 aromatic rings. The molecule has 0 spiro atoms. The molecule has 1 aromatic carbocycles. The fourth-order valence-corrected chi connectivity index (χ4v) is 2.19. The van der Waals surface area contributed by atoms with E-state index in [-0.39, 0.29) is 18.9 Å². The van der Waals surface area contributed by atoms with Crippen molar-refractivity contribution < 1.29 is 9.53 Å². The molecule has 1 heterocycles. The van der Waals surface area contributed by atoms with Crippen LogP contribution >= 0.6 is 23.2 Å². The second kappa shape index (κ2) is 8.76. The van der Waals surface area contributed by atoms with Crippen LogP contribution in [0.15, 0.2) is 36.5 Å². The monoisotopic (exact) mass is 367 g/mol. The van der Waals surface area contributed by atoms with Crippen LogP contribution in [0.3, 0.4) is 0 Å². The van der Waals surface area contributed by atoms with Crippen LogP contribution in [0.4, 0.5) is 5.82 Å². The second-order valence-electron chi connectivity index (χ2n) is 5.37. The SMILES string of the molecule is CN(C)c1ccc(CNC(=O)CCOc2ccc(Cl)c(Cl)c2)cn1. The van der Waals surface area contributed by atoms with Crippen LogP contribution < -0.4 is 15.0 Å². The zero-order valence-electron chi connectivity index (χ0n) is 13.6. The Morgan fingerprint density at radius 3 is 2.62 bits per heavy atom. The van der Waals surface area contributed by atoms with E-state index >= 15 is 0 Å². The summed E-state index contributed by atoms with van der Waals surface area (Å²) in [5.74, 6) is 1.37. The van der Waals surface area contributed by atoms with Gasteiger partial charge in [-0.05, 0) is 23.8 Å². The number of carbonyl (C=O) groups excluding carboxylic acids is 1. The standard InChI is InChI=1S/C17H19Cl2N3O2/c1-22(2)16-6-3-12(10-20-16)11-21-17(23)7-8-24-13-4-5-14(18)15(19)9-13/h3-6,9-10H,7-8,11H2,1-2H3,(H,21,23). The summed E-state index contributed by atoms with van der Waals surface area (Å²) in [4.78, 5) is 18.1. The van der Waals surface area contributed by atoms with Crippen molar-refractivity contribution in [3.8, 4) is 5.75 Å². The quantitative estimate of drug-likeness (QED) is 0.812. The highest BCUT2D eigenvalue weighted by Crippen LogP contribution is 2.26. The van der Waals surface area contributed by atoms with Crippen molar-refractivity contribution >= 4 is 34.9 Å². The maximum Gasteiger partial charge on any atom is 0.223 e. The molecule has 0 aliphatic heterocycles. The Kier molecular flexibility index (Phi) is 6.70. The summed E-state index contributed by atoms with van der Waals surface area (Å²) in [5, 5.41) is 3.73. The van der Waals surface area contributed by atoms with Crippen LogP contribution in [-0.4, -0.2) is 31.6 Å². The lowest BCUT2D eigenvalue weighted by Crippen LogP contribution is -2.24. The summed E-state index contributed by atoms with van der Waals surface area (Å²) in [6.45, 7) is 0.702. The number of pyridine rings is 1. The van der Waals surface area contributed by atoms with E-state index in [4.69, 9.17) is 27.9 Å². The van der Waals surface area contributed by atoms with E-state index in [9.17, 15) is 4.79 Å². The van der Waals surface area contributed by atoms with E-state index < -0.39 is 0 Å². The van der Waals surface area contributed by atoms with Gasteiger partial charge in [-0.3, -0.25) is 4.79 Å². The molecule has 0 saturated carbocycles. The third-order valence-corrected chi connectivity index (χ3v) is 3.98. The van der Waals surface area contributed by atoms with E-state index in [2.05, 4.69) is 10.3 Å². The van der Waals surface area contributed by atoms with Crippen molar-refractivity contribution in [2.75, 3.05) is 25.6 Å². The van der Waals surface area contributed by atoms with Crippen LogP contribution in [0.5, 0.6) is 5.75 Å². The van der Waals surface area contributed by atoms with Gasteiger partial charge >= 0.3 is 0 Å². The summed E-state index contributed by atoms with van der Waals surface area (Å²) >= 11 is 11.7. The number of nitrogens with one attached hydrogen (secondary N) is 1. The Bertz CT molecular complexity index is 691. The molecular formula is C17H19Cl2N3O2. The lowest BCUT2D eigenvalue weighted by atomic mass is 10.2. The topological polar surface area (TPSA) is 54.5 Å². The number of aromatic nitrogens is 1. The number of hydrogen-bond donors (Lipinski definition) is 1. The smallest absolute Gasteiger partial charge is 0.223 e. The summed E-state index contributed by atoms with van der Waals surface area (Å²) < 4.78 is 5.48. The van der Waals surface area contributed by atoms with Crippen molar-refractivity contribution in [1.82, 2.24) is 10.3 Å². The molecule has 0 aliphatic rings. The zero-order valence-corrected chi connectivity index (χ0v) is 15.1. The van der Waals surface area contributed by atoms with E-state index in [0.29, 0.717) is 22.3 Å². The number of halogens is 2. The summed E-state index contributed by atoms with van der Waals surface area (Å²) in [5.41, 5.74) is 0.944. The number of benzene rings is 1. The third-order valence-electron chi connectivity index (χ3n) is 3.25. The maximum absolute atomic E-state index is 11.8. The highest BCUT2D eigenvalue weighted by atomic mass is 35.5. The normalized spacial score (nSPS) is 10.3. The first-order valence-electron chi connectivity index (χ1n) is 7.42. The number of amides is 1. The van der Waals surface area contributed by atoms with Gasteiger partial charge in [-0.1, -0.05) is 29.3 Å². The van der Waals surface area contributed by atoms with Gasteiger partial charge < -0.3 is 15.0 Å². The molecule has 2 rings (SSSR count). The van der Waals surface area contributed by atoms with Crippen molar-refractivity contribution in [1.29, 1.82) is 0 Å². The molecule has 5 nitrogen and oxygen atoms in total. The largest absolute Gasteiger partial charge is 0.493 e. The number of hydrogen-bond acceptors (Lipinski definition) is 4. The summed E-state index contributed by atoms with van der Waals surface area (Å²) in [6, 6.07) is 8.84. The lowest BCUT2D eigenvalue weighted by Gasteiger charge is -2.11. The molecule has 1 N–H and O–H groups in total. The number of ether oxygens (including phenoxy) is 1. The Labute approximate surface area is 151 Å². The molecule has 0 aliphatic carbocycles. The van der Waals surface area contributed by atoms with Gasteiger partial charge in [-0.2, -0.15) is 0 Å². The third kappa shape index (κ3) is 5.58. The van der Waals surface area contributed by atoms with E-state index in [1.807, 2.05) is 31.1 Å². The molecule has 0 fully saturated rings. The van der Waals surface area contributed by atoms with E-state index in [1.54, 1.807) is 24.4 Å². The minimum absolute atomic E-state index is 0.0910. The molecule has 0 saturated heterocycles. The Hall–Kier alpha value is -1.98. The van der Waals surface area contributed by atoms with Crippen LogP contribution in [0.25, 0.3) is 0 Å². The fraction of sp³-hybridized carbons (Fsp3) is 0.294. The lowest BCUT2D eigenvalue weighted by molar-refractivity contribution is -0.121. The number of nitrogens with zero attached hydrogens (tertiary/aromatic N) is 2. The van der Waals surface area contributed by atoms with Gasteiger partial charge in [0.1, 0.15) is 11.6 Å². The number of carbonyl (C=O) groups is 1. The van der Waals surface area contributed by atoms with Crippen LogP contribution in [0.1, 0.15) is 12.0 Å². The highest BCUT2D eigenvalue weighted by molar-refractivity contribution is 6.42. The Morgan fingerprint density at radius 2 is 2.00 bits per heavy atom. The first-order chi connectivity index (χ1) is 11.5. The van der Waals surface area contributed by atoms with Crippen LogP contribution in [0.2, 0.25) is 10.0 Å². The molecule has 0 atom stereocenters. The first-order valence-corrected chi connectivity index (χ1v) is 8.18. The van der Waals surface area contributed by atoms with Gasteiger partial charge in [0.05, 0.1) is 23.1 Å². The first kappa shape index (κ1) is 18.4. The Morgan fingerprint density at radius 1 is 1.21 bits per heavy atom. The average Bonchev–Trinajstić information content (AvgIpc) is 2.56. The zero-order chi connectivity index (χ0) is 17.5. The molecule has 7 heteroatoms. The molecule has 0 unspecified atom stereocenters. The summed E-state index contributed by atoms with van der Waals surface area (Å²) in [7, 11) is 3.86. The summed E-state index contributed by atoms with van der Waals surface area (Å²) in [6.07, 6.45) is 2.01. The Balaban J connectivity index is 1.72. The molecule has 24 heavy (non-hydrogen) atoms. The predicted octanol–water partition coefficient (Wildman–Crippen LogP) is 3.54. The van der Waals surface area contributed by atoms with Gasteiger partial charge in [0, 0.05) is 32.9 Å². The van der Waals surface area contributed by atoms with Gasteiger partial charge in [0.25, 0.3) is 0 Å². The number of rotatable bonds is 7. The highest BCUT2D eigenvalue weighted by Gasteiger charge is 2.05. The average molecular weight is 368 g/mol. The van der Waals surface area contributed by atoms with Crippen LogP contribution in [-0.2, 0) is 11.3 Å². The molecular weight excluding hydrogens is 349 g/mol. The van der Waals surface area contributed by atoms with E-state index in [0.717, 1.165) is 11.4 Å². The molecule has 1 amide bonds. The van der Waals surface area contributed by atoms with Gasteiger partial charge in [-0.25, -0.2) is 4.98 Å². The molecule has 128 valence electrons. The van der Waals surface area contributed by atoms with Crippen LogP contribution in [0, 0.1) is 0 Å². The van der Waals surface area contributed by atoms with Crippen molar-refractivity contribution in [2.24, 2.45) is 0 Å². The van der Waals surface area contributed by atoms with Gasteiger partial charge in [0.2, 0.25) is 5.91 Å². The second-order valence-corrected chi connectivity index (χ2v) is 6.18. The molecule has 0 bridgehead atoms. The van der Waals surface area contributed by atoms with Crippen molar-refractivity contribution in [3.05, 3.63) is 52.1 Å². The van der Waals surface area contributed by atoms with E-state index in [1.165, 1.54) is 0 Å².